The van der Waals surface area contributed by atoms with Gasteiger partial charge in [-0.05, 0) is 30.7 Å². The maximum atomic E-state index is 5.78. The first-order valence-electron chi connectivity index (χ1n) is 4.44. The topological polar surface area (TPSA) is 21.3 Å². The highest BCUT2D eigenvalue weighted by atomic mass is 35.5. The molecule has 70 valence electrons. The summed E-state index contributed by atoms with van der Waals surface area (Å²) in [6.07, 6.45) is 1.09. The van der Waals surface area contributed by atoms with Crippen LogP contribution in [-0.2, 0) is 4.74 Å². The minimum Gasteiger partial charge on any atom is -0.380 e. The maximum absolute atomic E-state index is 5.78. The summed E-state index contributed by atoms with van der Waals surface area (Å²) in [5, 5.41) is 4.16. The van der Waals surface area contributed by atoms with Crippen LogP contribution in [0, 0.1) is 0 Å². The molecule has 0 radical (unpaired) electrons. The molecule has 13 heavy (non-hydrogen) atoms. The molecule has 1 fully saturated rings. The van der Waals surface area contributed by atoms with Crippen molar-refractivity contribution in [1.82, 2.24) is 0 Å². The summed E-state index contributed by atoms with van der Waals surface area (Å²) in [5.74, 6) is 0. The molecule has 1 aromatic carbocycles. The summed E-state index contributed by atoms with van der Waals surface area (Å²) in [6.45, 7) is 1.67. The molecule has 1 atom stereocenters. The molecule has 0 aliphatic carbocycles. The molecular formula is C10H12ClNO. The van der Waals surface area contributed by atoms with Crippen LogP contribution >= 0.6 is 11.6 Å². The van der Waals surface area contributed by atoms with Gasteiger partial charge >= 0.3 is 0 Å². The highest BCUT2D eigenvalue weighted by Crippen LogP contribution is 2.16. The molecule has 1 heterocycles. The van der Waals surface area contributed by atoms with Gasteiger partial charge in [-0.1, -0.05) is 11.6 Å². The third-order valence-electron chi connectivity index (χ3n) is 2.14. The highest BCUT2D eigenvalue weighted by molar-refractivity contribution is 6.30. The average molecular weight is 198 g/mol. The monoisotopic (exact) mass is 197 g/mol. The molecule has 1 unspecified atom stereocenters. The zero-order valence-electron chi connectivity index (χ0n) is 7.29. The Bertz CT molecular complexity index is 267. The van der Waals surface area contributed by atoms with Crippen LogP contribution in [-0.4, -0.2) is 19.3 Å². The summed E-state index contributed by atoms with van der Waals surface area (Å²) in [4.78, 5) is 0. The predicted octanol–water partition coefficient (Wildman–Crippen LogP) is 2.54. The Morgan fingerprint density at radius 2 is 2.08 bits per heavy atom. The van der Waals surface area contributed by atoms with Crippen molar-refractivity contribution in [3.8, 4) is 0 Å². The lowest BCUT2D eigenvalue weighted by Crippen LogP contribution is -2.18. The Labute approximate surface area is 82.9 Å². The minimum atomic E-state index is 0.459. The second kappa shape index (κ2) is 3.99. The molecule has 0 aromatic heterocycles. The van der Waals surface area contributed by atoms with Crippen molar-refractivity contribution < 1.29 is 4.74 Å². The fourth-order valence-electron chi connectivity index (χ4n) is 1.43. The normalized spacial score (nSPS) is 21.8. The van der Waals surface area contributed by atoms with Gasteiger partial charge in [0.25, 0.3) is 0 Å². The molecule has 3 heteroatoms. The molecular weight excluding hydrogens is 186 g/mol. The van der Waals surface area contributed by atoms with E-state index in [-0.39, 0.29) is 0 Å². The van der Waals surface area contributed by atoms with Crippen LogP contribution in [0.3, 0.4) is 0 Å². The van der Waals surface area contributed by atoms with Crippen LogP contribution in [0.25, 0.3) is 0 Å². The molecule has 0 spiro atoms. The second-order valence-corrected chi connectivity index (χ2v) is 3.65. The van der Waals surface area contributed by atoms with Gasteiger partial charge in [0.2, 0.25) is 0 Å². The van der Waals surface area contributed by atoms with Crippen LogP contribution in [0.2, 0.25) is 5.02 Å². The van der Waals surface area contributed by atoms with Gasteiger partial charge in [-0.3, -0.25) is 0 Å². The van der Waals surface area contributed by atoms with Crippen molar-refractivity contribution in [2.75, 3.05) is 18.5 Å². The standard InChI is InChI=1S/C10H12ClNO/c11-8-1-3-9(4-2-8)12-10-5-6-13-7-10/h1-4,10,12H,5-7H2. The van der Waals surface area contributed by atoms with Crippen LogP contribution in [0.5, 0.6) is 0 Å². The van der Waals surface area contributed by atoms with E-state index in [4.69, 9.17) is 16.3 Å². The quantitative estimate of drug-likeness (QED) is 0.787. The third kappa shape index (κ3) is 2.36. The Hall–Kier alpha value is -0.730. The van der Waals surface area contributed by atoms with E-state index in [1.807, 2.05) is 24.3 Å². The van der Waals surface area contributed by atoms with E-state index in [0.29, 0.717) is 6.04 Å². The zero-order chi connectivity index (χ0) is 9.10. The number of rotatable bonds is 2. The lowest BCUT2D eigenvalue weighted by Gasteiger charge is -2.11. The number of ether oxygens (including phenoxy) is 1. The molecule has 1 aliphatic rings. The van der Waals surface area contributed by atoms with E-state index in [9.17, 15) is 0 Å². The van der Waals surface area contributed by atoms with Crippen molar-refractivity contribution in [1.29, 1.82) is 0 Å². The number of anilines is 1. The number of halogens is 1. The van der Waals surface area contributed by atoms with E-state index < -0.39 is 0 Å². The van der Waals surface area contributed by atoms with Crippen molar-refractivity contribution in [3.63, 3.8) is 0 Å². The van der Waals surface area contributed by atoms with E-state index in [0.717, 1.165) is 30.3 Å². The van der Waals surface area contributed by atoms with Crippen molar-refractivity contribution in [2.24, 2.45) is 0 Å². The molecule has 0 saturated carbocycles. The van der Waals surface area contributed by atoms with Crippen molar-refractivity contribution in [2.45, 2.75) is 12.5 Å². The third-order valence-corrected chi connectivity index (χ3v) is 2.40. The van der Waals surface area contributed by atoms with Gasteiger partial charge in [-0.25, -0.2) is 0 Å². The summed E-state index contributed by atoms with van der Waals surface area (Å²) in [7, 11) is 0. The lowest BCUT2D eigenvalue weighted by molar-refractivity contribution is 0.195. The average Bonchev–Trinajstić information content (AvgIpc) is 2.62. The number of hydrogen-bond acceptors (Lipinski definition) is 2. The van der Waals surface area contributed by atoms with Crippen LogP contribution in [0.15, 0.2) is 24.3 Å². The van der Waals surface area contributed by atoms with Gasteiger partial charge in [0.1, 0.15) is 0 Å². The molecule has 0 amide bonds. The predicted molar refractivity (Wildman–Crippen MR) is 54.3 cm³/mol. The fourth-order valence-corrected chi connectivity index (χ4v) is 1.56. The first kappa shape index (κ1) is 8.85. The second-order valence-electron chi connectivity index (χ2n) is 3.21. The lowest BCUT2D eigenvalue weighted by atomic mass is 10.2. The Morgan fingerprint density at radius 3 is 2.69 bits per heavy atom. The summed E-state index contributed by atoms with van der Waals surface area (Å²) >= 11 is 5.78. The number of hydrogen-bond donors (Lipinski definition) is 1. The van der Waals surface area contributed by atoms with Gasteiger partial charge in [0.05, 0.1) is 12.6 Å². The fraction of sp³-hybridized carbons (Fsp3) is 0.400. The summed E-state index contributed by atoms with van der Waals surface area (Å²) in [5.41, 5.74) is 1.11. The van der Waals surface area contributed by atoms with Gasteiger partial charge < -0.3 is 10.1 Å². The highest BCUT2D eigenvalue weighted by Gasteiger charge is 2.14. The van der Waals surface area contributed by atoms with E-state index >= 15 is 0 Å². The molecule has 2 rings (SSSR count). The van der Waals surface area contributed by atoms with Crippen LogP contribution < -0.4 is 5.32 Å². The van der Waals surface area contributed by atoms with Crippen LogP contribution in [0.4, 0.5) is 5.69 Å². The smallest absolute Gasteiger partial charge is 0.0668 e. The SMILES string of the molecule is Clc1ccc(NC2CCOC2)cc1. The number of nitrogens with one attached hydrogen (secondary N) is 1. The molecule has 1 aromatic rings. The summed E-state index contributed by atoms with van der Waals surface area (Å²) < 4.78 is 5.26. The molecule has 1 N–H and O–H groups in total. The largest absolute Gasteiger partial charge is 0.380 e. The van der Waals surface area contributed by atoms with Gasteiger partial charge in [-0.15, -0.1) is 0 Å². The van der Waals surface area contributed by atoms with Crippen molar-refractivity contribution in [3.05, 3.63) is 29.3 Å². The summed E-state index contributed by atoms with van der Waals surface area (Å²) in [6, 6.07) is 8.21. The van der Waals surface area contributed by atoms with E-state index in [1.165, 1.54) is 0 Å². The first-order valence-corrected chi connectivity index (χ1v) is 4.82. The minimum absolute atomic E-state index is 0.459. The van der Waals surface area contributed by atoms with Crippen LogP contribution in [0.1, 0.15) is 6.42 Å². The van der Waals surface area contributed by atoms with E-state index in [2.05, 4.69) is 5.32 Å². The maximum Gasteiger partial charge on any atom is 0.0668 e. The Kier molecular flexibility index (Phi) is 2.71. The van der Waals surface area contributed by atoms with E-state index in [1.54, 1.807) is 0 Å². The molecule has 0 bridgehead atoms. The number of benzene rings is 1. The molecule has 1 saturated heterocycles. The molecule has 2 nitrogen and oxygen atoms in total. The Balaban J connectivity index is 1.97. The van der Waals surface area contributed by atoms with Crippen molar-refractivity contribution >= 4 is 17.3 Å². The van der Waals surface area contributed by atoms with Gasteiger partial charge in [-0.2, -0.15) is 0 Å². The first-order chi connectivity index (χ1) is 6.34. The Morgan fingerprint density at radius 1 is 1.31 bits per heavy atom. The van der Waals surface area contributed by atoms with Gasteiger partial charge in [0.15, 0.2) is 0 Å². The molecule has 1 aliphatic heterocycles. The van der Waals surface area contributed by atoms with Gasteiger partial charge in [0, 0.05) is 17.3 Å². The zero-order valence-corrected chi connectivity index (χ0v) is 8.05.